The summed E-state index contributed by atoms with van der Waals surface area (Å²) in [5, 5.41) is 0. The van der Waals surface area contributed by atoms with E-state index in [9.17, 15) is 4.79 Å². The van der Waals surface area contributed by atoms with Crippen LogP contribution < -0.4 is 9.47 Å². The Hall–Kier alpha value is -2.14. The van der Waals surface area contributed by atoms with Gasteiger partial charge in [-0.15, -0.1) is 11.8 Å². The lowest BCUT2D eigenvalue weighted by Gasteiger charge is -2.29. The molecule has 0 radical (unpaired) electrons. The van der Waals surface area contributed by atoms with Gasteiger partial charge in [-0.3, -0.25) is 4.79 Å². The summed E-state index contributed by atoms with van der Waals surface area (Å²) < 4.78 is 10.8. The lowest BCUT2D eigenvalue weighted by atomic mass is 9.99. The third-order valence-electron chi connectivity index (χ3n) is 5.50. The Balaban J connectivity index is 1.40. The summed E-state index contributed by atoms with van der Waals surface area (Å²) >= 11 is 1.65. The molecule has 0 N–H and O–H groups in total. The van der Waals surface area contributed by atoms with Crippen molar-refractivity contribution >= 4 is 17.7 Å². The maximum Gasteiger partial charge on any atom is 0.233 e. The molecule has 0 unspecified atom stereocenters. The van der Waals surface area contributed by atoms with Crippen molar-refractivity contribution in [3.05, 3.63) is 52.6 Å². The highest BCUT2D eigenvalue weighted by atomic mass is 32.2. The number of amides is 1. The summed E-state index contributed by atoms with van der Waals surface area (Å²) in [5.74, 6) is 2.16. The van der Waals surface area contributed by atoms with Crippen molar-refractivity contribution < 1.29 is 14.3 Å². The Morgan fingerprint density at radius 3 is 2.44 bits per heavy atom. The molecule has 1 heterocycles. The fourth-order valence-corrected chi connectivity index (χ4v) is 4.83. The molecule has 1 amide bonds. The van der Waals surface area contributed by atoms with Gasteiger partial charge >= 0.3 is 0 Å². The van der Waals surface area contributed by atoms with E-state index in [1.165, 1.54) is 40.8 Å². The number of aryl methyl sites for hydroxylation is 2. The zero-order chi connectivity index (χ0) is 18.8. The molecule has 0 fully saturated rings. The third-order valence-corrected chi connectivity index (χ3v) is 6.48. The summed E-state index contributed by atoms with van der Waals surface area (Å²) in [5.41, 5.74) is 5.32. The van der Waals surface area contributed by atoms with Crippen LogP contribution in [-0.2, 0) is 30.6 Å². The maximum atomic E-state index is 12.7. The Morgan fingerprint density at radius 2 is 1.67 bits per heavy atom. The van der Waals surface area contributed by atoms with E-state index < -0.39 is 0 Å². The van der Waals surface area contributed by atoms with Crippen molar-refractivity contribution in [1.82, 2.24) is 4.90 Å². The smallest absolute Gasteiger partial charge is 0.233 e. The molecule has 0 aromatic heterocycles. The number of carbonyl (C=O) groups excluding carboxylic acids is 1. The third kappa shape index (κ3) is 3.79. The number of fused-ring (bicyclic) bond motifs is 2. The SMILES string of the molecule is COc1cc2c(cc1OC)CN(C(=O)CSc1ccc3c(c1)CCC3)CC2. The standard InChI is InChI=1S/C22H25NO3S/c1-25-20-11-17-8-9-23(13-18(17)12-21(20)26-2)22(24)14-27-19-7-6-15-4-3-5-16(15)10-19/h6-7,10-12H,3-5,8-9,13-14H2,1-2H3. The van der Waals surface area contributed by atoms with Gasteiger partial charge in [-0.25, -0.2) is 0 Å². The van der Waals surface area contributed by atoms with Crippen LogP contribution in [0.25, 0.3) is 0 Å². The van der Waals surface area contributed by atoms with Crippen molar-refractivity contribution in [3.63, 3.8) is 0 Å². The zero-order valence-corrected chi connectivity index (χ0v) is 16.7. The molecule has 0 atom stereocenters. The summed E-state index contributed by atoms with van der Waals surface area (Å²) in [7, 11) is 3.29. The van der Waals surface area contributed by atoms with E-state index in [-0.39, 0.29) is 5.91 Å². The van der Waals surface area contributed by atoms with Crippen molar-refractivity contribution in [1.29, 1.82) is 0 Å². The van der Waals surface area contributed by atoms with Crippen molar-refractivity contribution in [2.45, 2.75) is 37.1 Å². The van der Waals surface area contributed by atoms with Gasteiger partial charge in [0.1, 0.15) is 0 Å². The first-order valence-corrected chi connectivity index (χ1v) is 10.4. The minimum atomic E-state index is 0.195. The second kappa shape index (κ2) is 7.85. The first-order chi connectivity index (χ1) is 13.2. The van der Waals surface area contributed by atoms with E-state index in [0.717, 1.165) is 30.0 Å². The lowest BCUT2D eigenvalue weighted by Crippen LogP contribution is -2.37. The fraction of sp³-hybridized carbons (Fsp3) is 0.409. The molecule has 0 bridgehead atoms. The van der Waals surface area contributed by atoms with E-state index in [1.54, 1.807) is 26.0 Å². The number of carbonyl (C=O) groups is 1. The minimum Gasteiger partial charge on any atom is -0.493 e. The first-order valence-electron chi connectivity index (χ1n) is 9.44. The molecule has 0 spiro atoms. The highest BCUT2D eigenvalue weighted by molar-refractivity contribution is 8.00. The van der Waals surface area contributed by atoms with Gasteiger partial charge in [0.05, 0.1) is 20.0 Å². The number of methoxy groups -OCH3 is 2. The molecule has 0 saturated carbocycles. The zero-order valence-electron chi connectivity index (χ0n) is 15.9. The van der Waals surface area contributed by atoms with Gasteiger partial charge in [-0.05, 0) is 72.2 Å². The van der Waals surface area contributed by atoms with Gasteiger partial charge in [0.2, 0.25) is 5.91 Å². The molecule has 4 nitrogen and oxygen atoms in total. The Labute approximate surface area is 164 Å². The predicted octanol–water partition coefficient (Wildman–Crippen LogP) is 3.87. The van der Waals surface area contributed by atoms with Gasteiger partial charge in [0, 0.05) is 18.0 Å². The molecule has 2 aliphatic rings. The largest absolute Gasteiger partial charge is 0.493 e. The molecule has 1 aliphatic carbocycles. The van der Waals surface area contributed by atoms with Crippen LogP contribution in [0.1, 0.15) is 28.7 Å². The van der Waals surface area contributed by atoms with E-state index in [1.807, 2.05) is 17.0 Å². The molecule has 2 aromatic rings. The average Bonchev–Trinajstić information content (AvgIpc) is 3.18. The number of ether oxygens (including phenoxy) is 2. The first kappa shape index (κ1) is 18.2. The number of nitrogens with zero attached hydrogens (tertiary/aromatic N) is 1. The summed E-state index contributed by atoms with van der Waals surface area (Å²) in [6.45, 7) is 1.39. The summed E-state index contributed by atoms with van der Waals surface area (Å²) in [6.07, 6.45) is 4.47. The predicted molar refractivity (Wildman–Crippen MR) is 108 cm³/mol. The van der Waals surface area contributed by atoms with E-state index >= 15 is 0 Å². The summed E-state index contributed by atoms with van der Waals surface area (Å²) in [6, 6.07) is 10.7. The molecule has 1 aliphatic heterocycles. The molecular weight excluding hydrogens is 358 g/mol. The van der Waals surface area contributed by atoms with E-state index in [4.69, 9.17) is 9.47 Å². The van der Waals surface area contributed by atoms with Crippen LogP contribution in [0.2, 0.25) is 0 Å². The quantitative estimate of drug-likeness (QED) is 0.735. The minimum absolute atomic E-state index is 0.195. The van der Waals surface area contributed by atoms with E-state index in [2.05, 4.69) is 18.2 Å². The lowest BCUT2D eigenvalue weighted by molar-refractivity contribution is -0.129. The van der Waals surface area contributed by atoms with Crippen molar-refractivity contribution in [3.8, 4) is 11.5 Å². The molecule has 27 heavy (non-hydrogen) atoms. The maximum absolute atomic E-state index is 12.7. The number of rotatable bonds is 5. The van der Waals surface area contributed by atoms with Crippen LogP contribution >= 0.6 is 11.8 Å². The van der Waals surface area contributed by atoms with Crippen LogP contribution in [0, 0.1) is 0 Å². The molecule has 2 aromatic carbocycles. The van der Waals surface area contributed by atoms with Crippen molar-refractivity contribution in [2.75, 3.05) is 26.5 Å². The van der Waals surface area contributed by atoms with Crippen LogP contribution in [-0.4, -0.2) is 37.3 Å². The Morgan fingerprint density at radius 1 is 0.963 bits per heavy atom. The van der Waals surface area contributed by atoms with Gasteiger partial charge in [0.25, 0.3) is 0 Å². The number of benzene rings is 2. The van der Waals surface area contributed by atoms with Gasteiger partial charge in [-0.1, -0.05) is 6.07 Å². The van der Waals surface area contributed by atoms with E-state index in [0.29, 0.717) is 12.3 Å². The number of thioether (sulfide) groups is 1. The topological polar surface area (TPSA) is 38.8 Å². The van der Waals surface area contributed by atoms with Crippen LogP contribution in [0.4, 0.5) is 0 Å². The Kier molecular flexibility index (Phi) is 5.30. The molecule has 0 saturated heterocycles. The highest BCUT2D eigenvalue weighted by Crippen LogP contribution is 2.33. The molecule has 4 rings (SSSR count). The highest BCUT2D eigenvalue weighted by Gasteiger charge is 2.23. The second-order valence-electron chi connectivity index (χ2n) is 7.11. The second-order valence-corrected chi connectivity index (χ2v) is 8.16. The van der Waals surface area contributed by atoms with Gasteiger partial charge in [0.15, 0.2) is 11.5 Å². The molecule has 5 heteroatoms. The number of hydrogen-bond acceptors (Lipinski definition) is 4. The monoisotopic (exact) mass is 383 g/mol. The average molecular weight is 384 g/mol. The van der Waals surface area contributed by atoms with Gasteiger partial charge in [-0.2, -0.15) is 0 Å². The molecule has 142 valence electrons. The number of hydrogen-bond donors (Lipinski definition) is 0. The normalized spacial score (nSPS) is 15.3. The summed E-state index contributed by atoms with van der Waals surface area (Å²) in [4.78, 5) is 15.9. The van der Waals surface area contributed by atoms with Gasteiger partial charge < -0.3 is 14.4 Å². The van der Waals surface area contributed by atoms with Crippen LogP contribution in [0.15, 0.2) is 35.2 Å². The Bertz CT molecular complexity index is 865. The van der Waals surface area contributed by atoms with Crippen LogP contribution in [0.5, 0.6) is 11.5 Å². The van der Waals surface area contributed by atoms with Crippen molar-refractivity contribution in [2.24, 2.45) is 0 Å². The fourth-order valence-electron chi connectivity index (χ4n) is 3.97. The molecular formula is C22H25NO3S. The van der Waals surface area contributed by atoms with Crippen LogP contribution in [0.3, 0.4) is 0 Å².